The predicted octanol–water partition coefficient (Wildman–Crippen LogP) is -0.134. The monoisotopic (exact) mass is 195 g/mol. The summed E-state index contributed by atoms with van der Waals surface area (Å²) in [5.41, 5.74) is 5.62. The maximum absolute atomic E-state index is 11.4. The van der Waals surface area contributed by atoms with Gasteiger partial charge in [-0.2, -0.15) is 0 Å². The van der Waals surface area contributed by atoms with E-state index in [-0.39, 0.29) is 11.7 Å². The number of nitrogens with zero attached hydrogens (tertiary/aromatic N) is 1. The lowest BCUT2D eigenvalue weighted by atomic mass is 10.2. The molecule has 4 N–H and O–H groups in total. The second-order valence-corrected chi connectivity index (χ2v) is 2.83. The standard InChI is InChI=1S/C9H13N3O2/c10-2-1-3-12-9(14)7-4-8(13)6-11-5-7/h4-6,13H,1-3,10H2,(H,12,14). The van der Waals surface area contributed by atoms with Crippen molar-refractivity contribution < 1.29 is 9.90 Å². The molecule has 1 heterocycles. The fourth-order valence-corrected chi connectivity index (χ4v) is 0.958. The Bertz CT molecular complexity index is 315. The van der Waals surface area contributed by atoms with Crippen LogP contribution in [0.25, 0.3) is 0 Å². The van der Waals surface area contributed by atoms with Crippen molar-refractivity contribution in [2.24, 2.45) is 5.73 Å². The lowest BCUT2D eigenvalue weighted by molar-refractivity contribution is 0.0952. The van der Waals surface area contributed by atoms with Crippen LogP contribution in [0.5, 0.6) is 5.75 Å². The summed E-state index contributed by atoms with van der Waals surface area (Å²) in [7, 11) is 0. The van der Waals surface area contributed by atoms with Gasteiger partial charge in [0.05, 0.1) is 11.8 Å². The van der Waals surface area contributed by atoms with E-state index in [2.05, 4.69) is 10.3 Å². The lowest BCUT2D eigenvalue weighted by Crippen LogP contribution is -2.25. The summed E-state index contributed by atoms with van der Waals surface area (Å²) in [5, 5.41) is 11.7. The first-order valence-corrected chi connectivity index (χ1v) is 4.36. The summed E-state index contributed by atoms with van der Waals surface area (Å²) in [6.07, 6.45) is 3.41. The first-order valence-electron chi connectivity index (χ1n) is 4.36. The van der Waals surface area contributed by atoms with Gasteiger partial charge in [0.2, 0.25) is 0 Å². The van der Waals surface area contributed by atoms with Crippen LogP contribution in [0.4, 0.5) is 0 Å². The molecule has 0 saturated carbocycles. The summed E-state index contributed by atoms with van der Waals surface area (Å²) < 4.78 is 0. The fourth-order valence-electron chi connectivity index (χ4n) is 0.958. The van der Waals surface area contributed by atoms with Crippen LogP contribution in [0, 0.1) is 0 Å². The zero-order valence-corrected chi connectivity index (χ0v) is 7.73. The van der Waals surface area contributed by atoms with Crippen LogP contribution in [-0.2, 0) is 0 Å². The molecule has 76 valence electrons. The van der Waals surface area contributed by atoms with E-state index < -0.39 is 0 Å². The number of pyridine rings is 1. The van der Waals surface area contributed by atoms with Crippen molar-refractivity contribution in [1.29, 1.82) is 0 Å². The van der Waals surface area contributed by atoms with E-state index >= 15 is 0 Å². The molecule has 0 bridgehead atoms. The number of nitrogens with two attached hydrogens (primary N) is 1. The van der Waals surface area contributed by atoms with Crippen LogP contribution in [-0.4, -0.2) is 29.1 Å². The highest BCUT2D eigenvalue weighted by atomic mass is 16.3. The number of carbonyl (C=O) groups is 1. The molecule has 0 spiro atoms. The van der Waals surface area contributed by atoms with E-state index in [1.165, 1.54) is 18.5 Å². The first kappa shape index (κ1) is 10.5. The predicted molar refractivity (Wildman–Crippen MR) is 51.9 cm³/mol. The van der Waals surface area contributed by atoms with Crippen molar-refractivity contribution in [3.63, 3.8) is 0 Å². The summed E-state index contributed by atoms with van der Waals surface area (Å²) >= 11 is 0. The highest BCUT2D eigenvalue weighted by Crippen LogP contribution is 2.07. The number of aromatic nitrogens is 1. The zero-order valence-electron chi connectivity index (χ0n) is 7.73. The maximum atomic E-state index is 11.4. The van der Waals surface area contributed by atoms with Gasteiger partial charge < -0.3 is 16.2 Å². The third-order valence-electron chi connectivity index (χ3n) is 1.65. The minimum Gasteiger partial charge on any atom is -0.506 e. The molecule has 1 aromatic rings. The summed E-state index contributed by atoms with van der Waals surface area (Å²) in [5.74, 6) is -0.265. The molecular formula is C9H13N3O2. The van der Waals surface area contributed by atoms with E-state index in [4.69, 9.17) is 10.8 Å². The first-order chi connectivity index (χ1) is 6.74. The molecule has 14 heavy (non-hydrogen) atoms. The second kappa shape index (κ2) is 5.18. The SMILES string of the molecule is NCCCNC(=O)c1cncc(O)c1. The molecule has 1 amide bonds. The summed E-state index contributed by atoms with van der Waals surface area (Å²) in [6.45, 7) is 1.07. The van der Waals surface area contributed by atoms with Crippen LogP contribution in [0.2, 0.25) is 0 Å². The van der Waals surface area contributed by atoms with Gasteiger partial charge in [-0.15, -0.1) is 0 Å². The van der Waals surface area contributed by atoms with Crippen molar-refractivity contribution in [2.45, 2.75) is 6.42 Å². The average Bonchev–Trinajstić information content (AvgIpc) is 2.18. The third kappa shape index (κ3) is 3.02. The number of nitrogens with one attached hydrogen (secondary N) is 1. The van der Waals surface area contributed by atoms with Crippen molar-refractivity contribution in [3.8, 4) is 5.75 Å². The Balaban J connectivity index is 2.52. The topological polar surface area (TPSA) is 88.2 Å². The number of carbonyl (C=O) groups excluding carboxylic acids is 1. The molecule has 0 atom stereocenters. The Morgan fingerprint density at radius 2 is 2.36 bits per heavy atom. The van der Waals surface area contributed by atoms with Gasteiger partial charge in [0, 0.05) is 12.7 Å². The molecule has 0 aromatic carbocycles. The molecule has 5 nitrogen and oxygen atoms in total. The van der Waals surface area contributed by atoms with Crippen LogP contribution in [0.3, 0.4) is 0 Å². The fraction of sp³-hybridized carbons (Fsp3) is 0.333. The van der Waals surface area contributed by atoms with Gasteiger partial charge in [0.1, 0.15) is 5.75 Å². The number of hydrogen-bond acceptors (Lipinski definition) is 4. The Labute approximate surface area is 82.0 Å². The van der Waals surface area contributed by atoms with Crippen LogP contribution >= 0.6 is 0 Å². The maximum Gasteiger partial charge on any atom is 0.252 e. The van der Waals surface area contributed by atoms with Gasteiger partial charge in [0.25, 0.3) is 5.91 Å². The number of amides is 1. The molecule has 1 rings (SSSR count). The Morgan fingerprint density at radius 3 is 3.00 bits per heavy atom. The molecular weight excluding hydrogens is 182 g/mol. The molecule has 5 heteroatoms. The van der Waals surface area contributed by atoms with E-state index in [0.717, 1.165) is 6.42 Å². The van der Waals surface area contributed by atoms with E-state index in [9.17, 15) is 4.79 Å². The molecule has 0 unspecified atom stereocenters. The summed E-state index contributed by atoms with van der Waals surface area (Å²) in [6, 6.07) is 1.37. The Kier molecular flexibility index (Phi) is 3.87. The van der Waals surface area contributed by atoms with Crippen LogP contribution in [0.15, 0.2) is 18.5 Å². The van der Waals surface area contributed by atoms with Crippen molar-refractivity contribution >= 4 is 5.91 Å². The molecule has 0 radical (unpaired) electrons. The zero-order chi connectivity index (χ0) is 10.4. The van der Waals surface area contributed by atoms with E-state index in [0.29, 0.717) is 18.7 Å². The van der Waals surface area contributed by atoms with Gasteiger partial charge in [0.15, 0.2) is 0 Å². The smallest absolute Gasteiger partial charge is 0.252 e. The largest absolute Gasteiger partial charge is 0.506 e. The number of hydrogen-bond donors (Lipinski definition) is 3. The van der Waals surface area contributed by atoms with Crippen molar-refractivity contribution in [3.05, 3.63) is 24.0 Å². The highest BCUT2D eigenvalue weighted by molar-refractivity contribution is 5.94. The molecule has 0 aliphatic rings. The normalized spacial score (nSPS) is 9.79. The number of aromatic hydroxyl groups is 1. The Morgan fingerprint density at radius 1 is 1.57 bits per heavy atom. The van der Waals surface area contributed by atoms with Crippen molar-refractivity contribution in [1.82, 2.24) is 10.3 Å². The average molecular weight is 195 g/mol. The van der Waals surface area contributed by atoms with Crippen LogP contribution < -0.4 is 11.1 Å². The summed E-state index contributed by atoms with van der Waals surface area (Å²) in [4.78, 5) is 15.1. The quantitative estimate of drug-likeness (QED) is 0.584. The highest BCUT2D eigenvalue weighted by Gasteiger charge is 2.04. The van der Waals surface area contributed by atoms with Gasteiger partial charge in [-0.05, 0) is 19.0 Å². The van der Waals surface area contributed by atoms with Crippen molar-refractivity contribution in [2.75, 3.05) is 13.1 Å². The minimum absolute atomic E-state index is 0.0172. The molecule has 0 aliphatic heterocycles. The third-order valence-corrected chi connectivity index (χ3v) is 1.65. The lowest BCUT2D eigenvalue weighted by Gasteiger charge is -2.03. The van der Waals surface area contributed by atoms with Gasteiger partial charge in [-0.1, -0.05) is 0 Å². The second-order valence-electron chi connectivity index (χ2n) is 2.83. The molecule has 0 fully saturated rings. The van der Waals surface area contributed by atoms with Gasteiger partial charge in [-0.3, -0.25) is 9.78 Å². The molecule has 0 aliphatic carbocycles. The Hall–Kier alpha value is -1.62. The van der Waals surface area contributed by atoms with E-state index in [1.54, 1.807) is 0 Å². The van der Waals surface area contributed by atoms with Gasteiger partial charge in [-0.25, -0.2) is 0 Å². The molecule has 1 aromatic heterocycles. The van der Waals surface area contributed by atoms with E-state index in [1.807, 2.05) is 0 Å². The van der Waals surface area contributed by atoms with Crippen LogP contribution in [0.1, 0.15) is 16.8 Å². The minimum atomic E-state index is -0.248. The van der Waals surface area contributed by atoms with Gasteiger partial charge >= 0.3 is 0 Å². The number of rotatable bonds is 4. The molecule has 0 saturated heterocycles.